The molecule has 38 heavy (non-hydrogen) atoms. The van der Waals surface area contributed by atoms with Crippen LogP contribution in [0.15, 0.2) is 66.9 Å². The summed E-state index contributed by atoms with van der Waals surface area (Å²) in [5, 5.41) is 5.69. The highest BCUT2D eigenvalue weighted by Gasteiger charge is 2.39. The van der Waals surface area contributed by atoms with E-state index in [0.29, 0.717) is 24.4 Å². The van der Waals surface area contributed by atoms with Gasteiger partial charge in [-0.25, -0.2) is 4.98 Å². The number of nitrogens with one attached hydrogen (secondary N) is 2. The second-order valence-corrected chi connectivity index (χ2v) is 10.4. The molecule has 1 unspecified atom stereocenters. The molecule has 6 rings (SSSR count). The lowest BCUT2D eigenvalue weighted by molar-refractivity contribution is -0.136. The van der Waals surface area contributed by atoms with E-state index in [0.717, 1.165) is 49.5 Å². The summed E-state index contributed by atoms with van der Waals surface area (Å²) in [7, 11) is 0. The third-order valence-corrected chi connectivity index (χ3v) is 7.88. The van der Waals surface area contributed by atoms with E-state index >= 15 is 0 Å². The first-order valence-electron chi connectivity index (χ1n) is 13.3. The second kappa shape index (κ2) is 10.4. The number of fused-ring (bicyclic) bond motifs is 1. The Balaban J connectivity index is 1.03. The maximum absolute atomic E-state index is 13.0. The van der Waals surface area contributed by atoms with Crippen LogP contribution in [-0.4, -0.2) is 51.6 Å². The quantitative estimate of drug-likeness (QED) is 0.489. The Bertz CT molecular complexity index is 1350. The van der Waals surface area contributed by atoms with Crippen LogP contribution in [0.3, 0.4) is 0 Å². The maximum atomic E-state index is 13.0. The van der Waals surface area contributed by atoms with Crippen LogP contribution in [0.2, 0.25) is 0 Å². The zero-order valence-electron chi connectivity index (χ0n) is 21.2. The van der Waals surface area contributed by atoms with Gasteiger partial charge in [-0.2, -0.15) is 0 Å². The number of imide groups is 1. The van der Waals surface area contributed by atoms with E-state index in [1.165, 1.54) is 11.1 Å². The highest BCUT2D eigenvalue weighted by molar-refractivity contribution is 6.05. The number of carbonyl (C=O) groups is 3. The number of rotatable bonds is 6. The summed E-state index contributed by atoms with van der Waals surface area (Å²) in [6, 6.07) is 19.8. The number of pyridine rings is 1. The highest BCUT2D eigenvalue weighted by atomic mass is 16.2. The average molecular weight is 510 g/mol. The smallest absolute Gasteiger partial charge is 0.255 e. The average Bonchev–Trinajstić information content (AvgIpc) is 3.26. The fourth-order valence-corrected chi connectivity index (χ4v) is 5.79. The lowest BCUT2D eigenvalue weighted by atomic mass is 9.88. The summed E-state index contributed by atoms with van der Waals surface area (Å²) < 4.78 is 0. The number of hydrogen-bond donors (Lipinski definition) is 2. The van der Waals surface area contributed by atoms with Crippen molar-refractivity contribution in [3.05, 3.63) is 89.1 Å². The van der Waals surface area contributed by atoms with E-state index < -0.39 is 6.04 Å². The van der Waals surface area contributed by atoms with Crippen molar-refractivity contribution in [2.45, 2.75) is 50.7 Å². The van der Waals surface area contributed by atoms with Gasteiger partial charge >= 0.3 is 0 Å². The Morgan fingerprint density at radius 3 is 2.50 bits per heavy atom. The lowest BCUT2D eigenvalue weighted by Gasteiger charge is -2.32. The van der Waals surface area contributed by atoms with E-state index in [2.05, 4.69) is 38.7 Å². The first-order chi connectivity index (χ1) is 18.5. The molecule has 1 atom stereocenters. The van der Waals surface area contributed by atoms with Crippen LogP contribution in [0.4, 0.5) is 11.5 Å². The predicted molar refractivity (Wildman–Crippen MR) is 144 cm³/mol. The Hall–Kier alpha value is -4.04. The zero-order valence-corrected chi connectivity index (χ0v) is 21.2. The number of amides is 3. The Kier molecular flexibility index (Phi) is 6.64. The molecule has 8 heteroatoms. The van der Waals surface area contributed by atoms with Gasteiger partial charge in [-0.1, -0.05) is 36.4 Å². The number of carbonyl (C=O) groups excluding carboxylic acids is 3. The molecule has 0 bridgehead atoms. The van der Waals surface area contributed by atoms with Crippen LogP contribution in [0.5, 0.6) is 0 Å². The molecule has 3 aliphatic heterocycles. The second-order valence-electron chi connectivity index (χ2n) is 10.4. The summed E-state index contributed by atoms with van der Waals surface area (Å²) in [4.78, 5) is 45.5. The number of aromatic nitrogens is 1. The number of piperidine rings is 2. The lowest BCUT2D eigenvalue weighted by Crippen LogP contribution is -2.52. The molecule has 0 saturated carbocycles. The van der Waals surface area contributed by atoms with Crippen LogP contribution in [-0.2, 0) is 22.7 Å². The molecule has 0 spiro atoms. The molecule has 4 heterocycles. The van der Waals surface area contributed by atoms with Crippen molar-refractivity contribution in [3.8, 4) is 0 Å². The van der Waals surface area contributed by atoms with Gasteiger partial charge in [0.25, 0.3) is 5.91 Å². The Morgan fingerprint density at radius 1 is 0.947 bits per heavy atom. The van der Waals surface area contributed by atoms with Gasteiger partial charge in [0.05, 0.1) is 0 Å². The van der Waals surface area contributed by atoms with Crippen molar-refractivity contribution in [1.29, 1.82) is 0 Å². The number of para-hydroxylation sites is 1. The van der Waals surface area contributed by atoms with E-state index in [9.17, 15) is 14.4 Å². The van der Waals surface area contributed by atoms with Crippen LogP contribution in [0.1, 0.15) is 58.6 Å². The summed E-state index contributed by atoms with van der Waals surface area (Å²) in [5.41, 5.74) is 5.14. The van der Waals surface area contributed by atoms with E-state index in [-0.39, 0.29) is 24.1 Å². The largest absolute Gasteiger partial charge is 0.340 e. The number of nitrogens with zero attached hydrogens (tertiary/aromatic N) is 3. The summed E-state index contributed by atoms with van der Waals surface area (Å²) in [5.74, 6) is 0.538. The van der Waals surface area contributed by atoms with Crippen molar-refractivity contribution >= 4 is 29.2 Å². The van der Waals surface area contributed by atoms with Crippen LogP contribution in [0.25, 0.3) is 0 Å². The van der Waals surface area contributed by atoms with Gasteiger partial charge < -0.3 is 10.2 Å². The topological polar surface area (TPSA) is 94.6 Å². The molecule has 8 nitrogen and oxygen atoms in total. The van der Waals surface area contributed by atoms with Gasteiger partial charge in [-0.15, -0.1) is 0 Å². The van der Waals surface area contributed by atoms with Crippen molar-refractivity contribution in [2.75, 3.05) is 18.4 Å². The van der Waals surface area contributed by atoms with Crippen molar-refractivity contribution in [1.82, 2.24) is 20.1 Å². The van der Waals surface area contributed by atoms with Crippen LogP contribution in [0, 0.1) is 0 Å². The summed E-state index contributed by atoms with van der Waals surface area (Å²) in [6.07, 6.45) is 4.72. The number of benzene rings is 2. The Morgan fingerprint density at radius 2 is 1.76 bits per heavy atom. The third-order valence-electron chi connectivity index (χ3n) is 7.88. The molecular formula is C30H31N5O3. The fraction of sp³-hybridized carbons (Fsp3) is 0.333. The summed E-state index contributed by atoms with van der Waals surface area (Å²) in [6.45, 7) is 3.32. The minimum absolute atomic E-state index is 0.116. The van der Waals surface area contributed by atoms with Crippen molar-refractivity contribution < 1.29 is 14.4 Å². The van der Waals surface area contributed by atoms with Gasteiger partial charge in [0.1, 0.15) is 11.9 Å². The van der Waals surface area contributed by atoms with Crippen LogP contribution >= 0.6 is 0 Å². The minimum atomic E-state index is -0.572. The molecule has 3 amide bonds. The highest BCUT2D eigenvalue weighted by Crippen LogP contribution is 2.34. The summed E-state index contributed by atoms with van der Waals surface area (Å²) >= 11 is 0. The molecule has 2 aromatic carbocycles. The van der Waals surface area contributed by atoms with Crippen molar-refractivity contribution in [3.63, 3.8) is 0 Å². The van der Waals surface area contributed by atoms with Gasteiger partial charge in [0, 0.05) is 37.0 Å². The molecule has 0 radical (unpaired) electrons. The first-order valence-corrected chi connectivity index (χ1v) is 13.3. The van der Waals surface area contributed by atoms with Gasteiger partial charge in [0.2, 0.25) is 11.8 Å². The maximum Gasteiger partial charge on any atom is 0.255 e. The molecule has 2 N–H and O–H groups in total. The molecule has 3 aliphatic rings. The van der Waals surface area contributed by atoms with Gasteiger partial charge in [-0.3, -0.25) is 24.6 Å². The molecule has 2 fully saturated rings. The number of hydrogen-bond acceptors (Lipinski definition) is 6. The number of likely N-dealkylation sites (tertiary alicyclic amines) is 1. The molecular weight excluding hydrogens is 478 g/mol. The molecule has 3 aromatic rings. The SMILES string of the molecule is O=C1CCC(N2Cc3cc(C4CCN(Cc5ccc(Nc6ccccc6)nc5)CC4)ccc3C2=O)C(=O)N1. The van der Waals surface area contributed by atoms with Gasteiger partial charge in [-0.05, 0) is 79.2 Å². The molecule has 2 saturated heterocycles. The van der Waals surface area contributed by atoms with E-state index in [1.807, 2.05) is 48.7 Å². The van der Waals surface area contributed by atoms with E-state index in [4.69, 9.17) is 0 Å². The molecule has 1 aromatic heterocycles. The van der Waals surface area contributed by atoms with Gasteiger partial charge in [0.15, 0.2) is 0 Å². The van der Waals surface area contributed by atoms with Crippen molar-refractivity contribution in [2.24, 2.45) is 0 Å². The van der Waals surface area contributed by atoms with E-state index in [1.54, 1.807) is 4.90 Å². The monoisotopic (exact) mass is 509 g/mol. The number of anilines is 2. The molecule has 194 valence electrons. The standard InChI is InChI=1S/C30H31N5O3/c36-28-11-9-26(29(37)33-28)35-19-23-16-22(7-8-25(23)30(35)38)21-12-14-34(15-13-21)18-20-6-10-27(31-17-20)32-24-4-2-1-3-5-24/h1-8,10,16-17,21,26H,9,11-15,18-19H2,(H,31,32)(H,33,36,37). The Labute approximate surface area is 222 Å². The molecule has 0 aliphatic carbocycles. The third kappa shape index (κ3) is 5.04. The predicted octanol–water partition coefficient (Wildman–Crippen LogP) is 3.97. The first kappa shape index (κ1) is 24.3. The fourth-order valence-electron chi connectivity index (χ4n) is 5.79. The van der Waals surface area contributed by atoms with Crippen LogP contribution < -0.4 is 10.6 Å². The zero-order chi connectivity index (χ0) is 26.1. The minimum Gasteiger partial charge on any atom is -0.340 e. The normalized spacial score (nSPS) is 20.4.